The first kappa shape index (κ1) is 15.8. The summed E-state index contributed by atoms with van der Waals surface area (Å²) in [7, 11) is 0. The van der Waals surface area contributed by atoms with E-state index in [1.54, 1.807) is 12.1 Å². The second-order valence-electron chi connectivity index (χ2n) is 5.68. The summed E-state index contributed by atoms with van der Waals surface area (Å²) in [5.74, 6) is -0.344. The highest BCUT2D eigenvalue weighted by molar-refractivity contribution is 5.90. The van der Waals surface area contributed by atoms with Gasteiger partial charge in [-0.3, -0.25) is 0 Å². The lowest BCUT2D eigenvalue weighted by atomic mass is 10.0. The molecule has 1 heterocycles. The highest BCUT2D eigenvalue weighted by Gasteiger charge is 2.11. The third kappa shape index (κ3) is 3.00. The summed E-state index contributed by atoms with van der Waals surface area (Å²) in [6.07, 6.45) is 1.82. The third-order valence-electron chi connectivity index (χ3n) is 4.04. The molecule has 0 saturated heterocycles. The molecule has 1 aromatic heterocycles. The van der Waals surface area contributed by atoms with Crippen molar-refractivity contribution in [1.29, 1.82) is 5.26 Å². The Hall–Kier alpha value is -3.12. The van der Waals surface area contributed by atoms with Gasteiger partial charge in [0, 0.05) is 17.1 Å². The third-order valence-corrected chi connectivity index (χ3v) is 4.04. The van der Waals surface area contributed by atoms with Crippen molar-refractivity contribution in [1.82, 2.24) is 4.57 Å². The molecular weight excluding hydrogens is 299 g/mol. The van der Waals surface area contributed by atoms with Crippen molar-refractivity contribution in [2.45, 2.75) is 13.8 Å². The van der Waals surface area contributed by atoms with Gasteiger partial charge in [-0.25, -0.2) is 4.39 Å². The van der Waals surface area contributed by atoms with E-state index in [1.165, 1.54) is 12.1 Å². The summed E-state index contributed by atoms with van der Waals surface area (Å²) >= 11 is 0. The van der Waals surface area contributed by atoms with Gasteiger partial charge in [-0.2, -0.15) is 5.26 Å². The predicted molar refractivity (Wildman–Crippen MR) is 95.1 cm³/mol. The molecule has 0 saturated carbocycles. The van der Waals surface area contributed by atoms with Crippen molar-refractivity contribution in [2.75, 3.05) is 0 Å². The van der Waals surface area contributed by atoms with Gasteiger partial charge in [-0.05, 0) is 61.4 Å². The standard InChI is InChI=1S/C21H17FN2/c1-15-11-18(16(2)24(15)21-9-4-3-5-10-21)12-19(14-23)17-7-6-8-20(22)13-17/h3-13H,1-2H3. The number of aromatic nitrogens is 1. The summed E-state index contributed by atoms with van der Waals surface area (Å²) in [6, 6.07) is 20.4. The molecule has 2 nitrogen and oxygen atoms in total. The van der Waals surface area contributed by atoms with Crippen LogP contribution in [0.25, 0.3) is 17.3 Å². The van der Waals surface area contributed by atoms with Crippen LogP contribution in [0.15, 0.2) is 60.7 Å². The molecule has 2 aromatic carbocycles. The van der Waals surface area contributed by atoms with E-state index in [2.05, 4.69) is 10.6 Å². The van der Waals surface area contributed by atoms with Crippen LogP contribution < -0.4 is 0 Å². The van der Waals surface area contributed by atoms with Crippen LogP contribution in [0.1, 0.15) is 22.5 Å². The Morgan fingerprint density at radius 2 is 1.79 bits per heavy atom. The van der Waals surface area contributed by atoms with Gasteiger partial charge in [0.1, 0.15) is 5.82 Å². The Labute approximate surface area is 141 Å². The Kier molecular flexibility index (Phi) is 4.31. The van der Waals surface area contributed by atoms with Gasteiger partial charge in [0.2, 0.25) is 0 Å². The number of halogens is 1. The maximum atomic E-state index is 13.4. The molecule has 0 unspecified atom stereocenters. The molecule has 0 N–H and O–H groups in total. The van der Waals surface area contributed by atoms with Crippen LogP contribution in [0.2, 0.25) is 0 Å². The molecule has 0 amide bonds. The molecule has 0 fully saturated rings. The van der Waals surface area contributed by atoms with Crippen molar-refractivity contribution in [2.24, 2.45) is 0 Å². The fourth-order valence-corrected chi connectivity index (χ4v) is 2.90. The summed E-state index contributed by atoms with van der Waals surface area (Å²) in [4.78, 5) is 0. The molecule has 3 rings (SSSR count). The van der Waals surface area contributed by atoms with Gasteiger partial charge in [-0.15, -0.1) is 0 Å². The smallest absolute Gasteiger partial charge is 0.123 e. The van der Waals surface area contributed by atoms with Gasteiger partial charge < -0.3 is 4.57 Å². The zero-order valence-electron chi connectivity index (χ0n) is 13.6. The number of nitriles is 1. The van der Waals surface area contributed by atoms with E-state index in [-0.39, 0.29) is 5.82 Å². The summed E-state index contributed by atoms with van der Waals surface area (Å²) in [5.41, 5.74) is 5.20. The van der Waals surface area contributed by atoms with Crippen LogP contribution in [0.5, 0.6) is 0 Å². The van der Waals surface area contributed by atoms with Crippen molar-refractivity contribution in [3.63, 3.8) is 0 Å². The van der Waals surface area contributed by atoms with E-state index >= 15 is 0 Å². The zero-order valence-corrected chi connectivity index (χ0v) is 13.6. The van der Waals surface area contributed by atoms with Crippen LogP contribution in [-0.4, -0.2) is 4.57 Å². The van der Waals surface area contributed by atoms with Crippen LogP contribution in [0, 0.1) is 31.0 Å². The lowest BCUT2D eigenvalue weighted by Gasteiger charge is -2.09. The van der Waals surface area contributed by atoms with Crippen molar-refractivity contribution >= 4 is 11.6 Å². The quantitative estimate of drug-likeness (QED) is 0.603. The van der Waals surface area contributed by atoms with Crippen molar-refractivity contribution in [3.05, 3.63) is 89.0 Å². The maximum Gasteiger partial charge on any atom is 0.123 e. The van der Waals surface area contributed by atoms with Gasteiger partial charge in [0.25, 0.3) is 0 Å². The normalized spacial score (nSPS) is 11.3. The number of hydrogen-bond acceptors (Lipinski definition) is 1. The number of para-hydroxylation sites is 1. The van der Waals surface area contributed by atoms with Gasteiger partial charge in [-0.1, -0.05) is 30.3 Å². The van der Waals surface area contributed by atoms with E-state index in [4.69, 9.17) is 0 Å². The number of hydrogen-bond donors (Lipinski definition) is 0. The molecule has 0 aliphatic heterocycles. The summed E-state index contributed by atoms with van der Waals surface area (Å²) in [5, 5.41) is 9.47. The van der Waals surface area contributed by atoms with E-state index < -0.39 is 0 Å². The molecule has 3 heteroatoms. The predicted octanol–water partition coefficient (Wildman–Crippen LogP) is 5.30. The highest BCUT2D eigenvalue weighted by atomic mass is 19.1. The van der Waals surface area contributed by atoms with Crippen LogP contribution in [0.4, 0.5) is 4.39 Å². The van der Waals surface area contributed by atoms with Gasteiger partial charge in [0.05, 0.1) is 11.6 Å². The van der Waals surface area contributed by atoms with E-state index in [1.807, 2.05) is 56.3 Å². The molecule has 0 atom stereocenters. The number of benzene rings is 2. The molecule has 0 aliphatic carbocycles. The first-order valence-corrected chi connectivity index (χ1v) is 7.72. The Morgan fingerprint density at radius 1 is 1.04 bits per heavy atom. The van der Waals surface area contributed by atoms with E-state index in [9.17, 15) is 9.65 Å². The zero-order chi connectivity index (χ0) is 17.1. The minimum atomic E-state index is -0.344. The van der Waals surface area contributed by atoms with Crippen LogP contribution >= 0.6 is 0 Å². The number of rotatable bonds is 3. The monoisotopic (exact) mass is 316 g/mol. The van der Waals surface area contributed by atoms with E-state index in [0.29, 0.717) is 11.1 Å². The minimum absolute atomic E-state index is 0.344. The fourth-order valence-electron chi connectivity index (χ4n) is 2.90. The SMILES string of the molecule is Cc1cc(C=C(C#N)c2cccc(F)c2)c(C)n1-c1ccccc1. The first-order valence-electron chi connectivity index (χ1n) is 7.72. The maximum absolute atomic E-state index is 13.4. The fraction of sp³-hybridized carbons (Fsp3) is 0.0952. The topological polar surface area (TPSA) is 28.7 Å². The summed E-state index contributed by atoms with van der Waals surface area (Å²) in [6.45, 7) is 4.05. The number of allylic oxidation sites excluding steroid dienone is 1. The second-order valence-corrected chi connectivity index (χ2v) is 5.68. The Morgan fingerprint density at radius 3 is 2.46 bits per heavy atom. The van der Waals surface area contributed by atoms with Crippen molar-refractivity contribution < 1.29 is 4.39 Å². The highest BCUT2D eigenvalue weighted by Crippen LogP contribution is 2.25. The average Bonchev–Trinajstić information content (AvgIpc) is 2.87. The van der Waals surface area contributed by atoms with E-state index in [0.717, 1.165) is 22.6 Å². The molecule has 118 valence electrons. The molecule has 0 bridgehead atoms. The lowest BCUT2D eigenvalue weighted by molar-refractivity contribution is 0.627. The van der Waals surface area contributed by atoms with Gasteiger partial charge >= 0.3 is 0 Å². The Bertz CT molecular complexity index is 944. The Balaban J connectivity index is 2.09. The second kappa shape index (κ2) is 6.55. The molecule has 0 aliphatic rings. The molecule has 0 spiro atoms. The lowest BCUT2D eigenvalue weighted by Crippen LogP contribution is -1.98. The largest absolute Gasteiger partial charge is 0.318 e. The molecule has 0 radical (unpaired) electrons. The van der Waals surface area contributed by atoms with Crippen molar-refractivity contribution in [3.8, 4) is 11.8 Å². The number of nitrogens with zero attached hydrogens (tertiary/aromatic N) is 2. The minimum Gasteiger partial charge on any atom is -0.318 e. The average molecular weight is 316 g/mol. The van der Waals surface area contributed by atoms with Gasteiger partial charge in [0.15, 0.2) is 0 Å². The molecule has 24 heavy (non-hydrogen) atoms. The van der Waals surface area contributed by atoms with Crippen LogP contribution in [0.3, 0.4) is 0 Å². The molecule has 3 aromatic rings. The summed E-state index contributed by atoms with van der Waals surface area (Å²) < 4.78 is 15.6. The van der Waals surface area contributed by atoms with Crippen LogP contribution in [-0.2, 0) is 0 Å². The first-order chi connectivity index (χ1) is 11.6. The number of aryl methyl sites for hydroxylation is 1. The molecular formula is C21H17FN2.